The van der Waals surface area contributed by atoms with E-state index < -0.39 is 36.4 Å². The first-order valence-corrected chi connectivity index (χ1v) is 8.63. The molecule has 1 saturated carbocycles. The highest BCUT2D eigenvalue weighted by Crippen LogP contribution is 2.17. The Labute approximate surface area is 151 Å². The van der Waals surface area contributed by atoms with Crippen molar-refractivity contribution in [2.45, 2.75) is 51.2 Å². The maximum atomic E-state index is 12.8. The number of hydrogen-bond acceptors (Lipinski definition) is 5. The number of ether oxygens (including phenoxy) is 2. The number of rotatable bonds is 6. The van der Waals surface area contributed by atoms with Gasteiger partial charge in [0.25, 0.3) is 5.91 Å². The first kappa shape index (κ1) is 19.7. The number of nitrogens with one attached hydrogen (secondary N) is 2. The van der Waals surface area contributed by atoms with Gasteiger partial charge in [-0.1, -0.05) is 19.3 Å². The predicted octanol–water partition coefficient (Wildman–Crippen LogP) is 2.29. The minimum atomic E-state index is -1.14. The molecule has 0 radical (unpaired) electrons. The minimum absolute atomic E-state index is 0.0681. The van der Waals surface area contributed by atoms with Gasteiger partial charge in [-0.25, -0.2) is 14.0 Å². The van der Waals surface area contributed by atoms with E-state index in [1.807, 2.05) is 0 Å². The van der Waals surface area contributed by atoms with Crippen molar-refractivity contribution < 1.29 is 28.2 Å². The van der Waals surface area contributed by atoms with Gasteiger partial charge in [0, 0.05) is 6.04 Å². The highest BCUT2D eigenvalue weighted by atomic mass is 19.1. The van der Waals surface area contributed by atoms with Crippen LogP contribution in [-0.4, -0.2) is 36.7 Å². The summed E-state index contributed by atoms with van der Waals surface area (Å²) in [4.78, 5) is 35.4. The SMILES string of the molecule is C[C@H](OC(=O)COc1ccc(F)cc1)C(=O)NC(=O)NC1CCCCC1. The molecule has 1 fully saturated rings. The molecule has 8 heteroatoms. The maximum Gasteiger partial charge on any atom is 0.344 e. The fraction of sp³-hybridized carbons (Fsp3) is 0.500. The van der Waals surface area contributed by atoms with Crippen LogP contribution in [0.15, 0.2) is 24.3 Å². The van der Waals surface area contributed by atoms with Gasteiger partial charge < -0.3 is 14.8 Å². The van der Waals surface area contributed by atoms with Gasteiger partial charge in [-0.05, 0) is 44.0 Å². The van der Waals surface area contributed by atoms with Gasteiger partial charge in [0.1, 0.15) is 11.6 Å². The summed E-state index contributed by atoms with van der Waals surface area (Å²) in [5.74, 6) is -1.61. The number of halogens is 1. The van der Waals surface area contributed by atoms with E-state index in [0.29, 0.717) is 5.75 Å². The van der Waals surface area contributed by atoms with Crippen LogP contribution in [0, 0.1) is 5.82 Å². The van der Waals surface area contributed by atoms with Gasteiger partial charge in [0.15, 0.2) is 12.7 Å². The van der Waals surface area contributed by atoms with Crippen LogP contribution in [0.3, 0.4) is 0 Å². The lowest BCUT2D eigenvalue weighted by atomic mass is 9.96. The molecule has 0 unspecified atom stereocenters. The summed E-state index contributed by atoms with van der Waals surface area (Å²) in [5.41, 5.74) is 0. The van der Waals surface area contributed by atoms with Gasteiger partial charge in [0.05, 0.1) is 0 Å². The molecule has 1 aliphatic rings. The smallest absolute Gasteiger partial charge is 0.344 e. The van der Waals surface area contributed by atoms with Crippen molar-refractivity contribution in [2.24, 2.45) is 0 Å². The van der Waals surface area contributed by atoms with Crippen LogP contribution in [0.4, 0.5) is 9.18 Å². The van der Waals surface area contributed by atoms with Gasteiger partial charge in [-0.3, -0.25) is 10.1 Å². The molecule has 3 amide bonds. The molecule has 0 spiro atoms. The maximum absolute atomic E-state index is 12.8. The third-order valence-corrected chi connectivity index (χ3v) is 4.02. The quantitative estimate of drug-likeness (QED) is 0.754. The van der Waals surface area contributed by atoms with Crippen LogP contribution >= 0.6 is 0 Å². The van der Waals surface area contributed by atoms with E-state index in [4.69, 9.17) is 9.47 Å². The summed E-state index contributed by atoms with van der Waals surface area (Å²) in [6, 6.07) is 4.61. The normalized spacial score (nSPS) is 15.6. The molecule has 1 aliphatic carbocycles. The molecule has 0 bridgehead atoms. The van der Waals surface area contributed by atoms with Crippen molar-refractivity contribution in [2.75, 3.05) is 6.61 Å². The molecule has 0 aliphatic heterocycles. The Hall–Kier alpha value is -2.64. The van der Waals surface area contributed by atoms with E-state index in [-0.39, 0.29) is 6.04 Å². The van der Waals surface area contributed by atoms with Gasteiger partial charge in [-0.2, -0.15) is 0 Å². The molecule has 7 nitrogen and oxygen atoms in total. The summed E-state index contributed by atoms with van der Waals surface area (Å²) in [6.45, 7) is 0.927. The fourth-order valence-electron chi connectivity index (χ4n) is 2.64. The molecule has 2 N–H and O–H groups in total. The topological polar surface area (TPSA) is 93.7 Å². The second-order valence-electron chi connectivity index (χ2n) is 6.17. The number of imide groups is 1. The number of hydrogen-bond donors (Lipinski definition) is 2. The highest BCUT2D eigenvalue weighted by Gasteiger charge is 2.22. The van der Waals surface area contributed by atoms with Crippen molar-refractivity contribution in [3.8, 4) is 5.75 Å². The molecule has 26 heavy (non-hydrogen) atoms. The zero-order valence-corrected chi connectivity index (χ0v) is 14.6. The van der Waals surface area contributed by atoms with Gasteiger partial charge in [0.2, 0.25) is 0 Å². The van der Waals surface area contributed by atoms with E-state index in [2.05, 4.69) is 10.6 Å². The number of carbonyl (C=O) groups is 3. The predicted molar refractivity (Wildman–Crippen MR) is 91.0 cm³/mol. The van der Waals surface area contributed by atoms with Gasteiger partial charge in [-0.15, -0.1) is 0 Å². The Kier molecular flexibility index (Phi) is 7.37. The third kappa shape index (κ3) is 6.70. The lowest BCUT2D eigenvalue weighted by Crippen LogP contribution is -2.48. The van der Waals surface area contributed by atoms with E-state index in [1.165, 1.54) is 31.2 Å². The Morgan fingerprint density at radius 2 is 1.81 bits per heavy atom. The van der Waals surface area contributed by atoms with Crippen molar-refractivity contribution in [1.29, 1.82) is 0 Å². The first-order chi connectivity index (χ1) is 12.4. The standard InChI is InChI=1S/C18H23FN2O5/c1-12(17(23)21-18(24)20-14-5-3-2-4-6-14)26-16(22)11-25-15-9-7-13(19)8-10-15/h7-10,12,14H,2-6,11H2,1H3,(H2,20,21,23,24)/t12-/m0/s1. The Morgan fingerprint density at radius 1 is 1.15 bits per heavy atom. The molecular formula is C18H23FN2O5. The van der Waals surface area contributed by atoms with Crippen LogP contribution < -0.4 is 15.4 Å². The number of carbonyl (C=O) groups excluding carboxylic acids is 3. The Bertz CT molecular complexity index is 629. The van der Waals surface area contributed by atoms with Gasteiger partial charge >= 0.3 is 12.0 Å². The minimum Gasteiger partial charge on any atom is -0.482 e. The molecule has 1 aromatic carbocycles. The fourth-order valence-corrected chi connectivity index (χ4v) is 2.64. The van der Waals surface area contributed by atoms with Crippen LogP contribution in [0.25, 0.3) is 0 Å². The average Bonchev–Trinajstić information content (AvgIpc) is 2.62. The average molecular weight is 366 g/mol. The molecule has 0 aromatic heterocycles. The largest absolute Gasteiger partial charge is 0.482 e. The van der Waals surface area contributed by atoms with Crippen LogP contribution in [0.1, 0.15) is 39.0 Å². The number of amides is 3. The van der Waals surface area contributed by atoms with Crippen LogP contribution in [-0.2, 0) is 14.3 Å². The monoisotopic (exact) mass is 366 g/mol. The number of benzene rings is 1. The van der Waals surface area contributed by atoms with Crippen molar-refractivity contribution >= 4 is 17.9 Å². The van der Waals surface area contributed by atoms with E-state index in [0.717, 1.165) is 32.1 Å². The zero-order valence-electron chi connectivity index (χ0n) is 14.6. The first-order valence-electron chi connectivity index (χ1n) is 8.63. The molecule has 0 saturated heterocycles. The zero-order chi connectivity index (χ0) is 18.9. The summed E-state index contributed by atoms with van der Waals surface area (Å²) in [5, 5.41) is 4.91. The van der Waals surface area contributed by atoms with Crippen LogP contribution in [0.5, 0.6) is 5.75 Å². The molecule has 2 rings (SSSR count). The molecule has 142 valence electrons. The van der Waals surface area contributed by atoms with Crippen molar-refractivity contribution in [1.82, 2.24) is 10.6 Å². The Morgan fingerprint density at radius 3 is 2.46 bits per heavy atom. The van der Waals surface area contributed by atoms with E-state index >= 15 is 0 Å². The summed E-state index contributed by atoms with van der Waals surface area (Å²) < 4.78 is 22.8. The van der Waals surface area contributed by atoms with Crippen molar-refractivity contribution in [3.63, 3.8) is 0 Å². The Balaban J connectivity index is 1.68. The second kappa shape index (κ2) is 9.74. The molecular weight excluding hydrogens is 343 g/mol. The summed E-state index contributed by atoms with van der Waals surface area (Å²) in [6.07, 6.45) is 3.92. The molecule has 1 aromatic rings. The molecule has 0 heterocycles. The van der Waals surface area contributed by atoms with E-state index in [9.17, 15) is 18.8 Å². The molecule has 1 atom stereocenters. The summed E-state index contributed by atoms with van der Waals surface area (Å²) in [7, 11) is 0. The number of esters is 1. The lowest BCUT2D eigenvalue weighted by molar-refractivity contribution is -0.156. The summed E-state index contributed by atoms with van der Waals surface area (Å²) >= 11 is 0. The lowest BCUT2D eigenvalue weighted by Gasteiger charge is -2.23. The highest BCUT2D eigenvalue weighted by molar-refractivity contribution is 5.97. The van der Waals surface area contributed by atoms with E-state index in [1.54, 1.807) is 0 Å². The number of urea groups is 1. The second-order valence-corrected chi connectivity index (χ2v) is 6.17. The van der Waals surface area contributed by atoms with Crippen LogP contribution in [0.2, 0.25) is 0 Å². The van der Waals surface area contributed by atoms with Crippen molar-refractivity contribution in [3.05, 3.63) is 30.1 Å². The third-order valence-electron chi connectivity index (χ3n) is 4.02.